The second-order valence-corrected chi connectivity index (χ2v) is 9.67. The monoisotopic (exact) mass is 472 g/mol. The normalized spacial score (nSPS) is 12.3. The topological polar surface area (TPSA) is 84.5 Å². The van der Waals surface area contributed by atoms with Crippen molar-refractivity contribution in [2.75, 3.05) is 0 Å². The lowest BCUT2D eigenvalue weighted by atomic mass is 10.1. The fourth-order valence-electron chi connectivity index (χ4n) is 2.97. The number of hydrogen-bond donors (Lipinski definition) is 2. The van der Waals surface area contributed by atoms with Crippen molar-refractivity contribution in [2.24, 2.45) is 0 Å². The van der Waals surface area contributed by atoms with E-state index < -0.39 is 21.5 Å². The summed E-state index contributed by atoms with van der Waals surface area (Å²) < 4.78 is 27.5. The van der Waals surface area contributed by atoms with Crippen molar-refractivity contribution in [3.63, 3.8) is 0 Å². The third-order valence-corrected chi connectivity index (χ3v) is 6.60. The van der Waals surface area contributed by atoms with Gasteiger partial charge in [0.25, 0.3) is 5.91 Å². The lowest BCUT2D eigenvalue weighted by Crippen LogP contribution is -2.25. The molecule has 0 saturated carbocycles. The summed E-state index contributed by atoms with van der Waals surface area (Å²) in [6.07, 6.45) is 0. The van der Waals surface area contributed by atoms with E-state index in [4.69, 9.17) is 16.4 Å². The predicted octanol–water partition coefficient (Wildman–Crippen LogP) is 4.52. The second-order valence-electron chi connectivity index (χ2n) is 7.47. The van der Waals surface area contributed by atoms with Crippen molar-refractivity contribution in [1.29, 1.82) is 0 Å². The Balaban J connectivity index is 1.51. The van der Waals surface area contributed by atoms with E-state index in [9.17, 15) is 13.2 Å². The quantitative estimate of drug-likeness (QED) is 0.354. The van der Waals surface area contributed by atoms with Crippen LogP contribution in [0.3, 0.4) is 0 Å². The van der Waals surface area contributed by atoms with Crippen LogP contribution in [0.5, 0.6) is 0 Å². The molecule has 1 amide bonds. The smallest absolute Gasteiger partial charge is 0.267 e. The largest absolute Gasteiger partial charge is 0.274 e. The van der Waals surface area contributed by atoms with Crippen LogP contribution >= 0.6 is 11.6 Å². The molecule has 168 valence electrons. The first-order chi connectivity index (χ1) is 15.2. The fraction of sp³-hybridized carbons (Fsp3) is 0.208. The number of carbonyl (C=O) groups excluding carboxylic acids is 1. The number of halogens is 1. The molecule has 32 heavy (non-hydrogen) atoms. The van der Waals surface area contributed by atoms with Crippen LogP contribution in [-0.2, 0) is 27.2 Å². The van der Waals surface area contributed by atoms with Gasteiger partial charge < -0.3 is 0 Å². The van der Waals surface area contributed by atoms with Crippen LogP contribution in [0.1, 0.15) is 43.7 Å². The first kappa shape index (κ1) is 23.9. The summed E-state index contributed by atoms with van der Waals surface area (Å²) in [5.74, 6) is -0.476. The summed E-state index contributed by atoms with van der Waals surface area (Å²) in [7, 11) is -3.48. The van der Waals surface area contributed by atoms with Crippen LogP contribution in [0.25, 0.3) is 0 Å². The molecule has 0 bridgehead atoms. The Morgan fingerprint density at radius 1 is 0.938 bits per heavy atom. The van der Waals surface area contributed by atoms with Crippen LogP contribution in [0.15, 0.2) is 72.8 Å². The molecule has 0 radical (unpaired) electrons. The van der Waals surface area contributed by atoms with E-state index in [1.54, 1.807) is 48.5 Å². The number of sulfonamides is 1. The van der Waals surface area contributed by atoms with Crippen LogP contribution in [0.2, 0.25) is 0 Å². The Labute approximate surface area is 193 Å². The van der Waals surface area contributed by atoms with Crippen LogP contribution in [-0.4, -0.2) is 14.3 Å². The van der Waals surface area contributed by atoms with Crippen molar-refractivity contribution >= 4 is 27.5 Å². The molecule has 3 aromatic carbocycles. The highest BCUT2D eigenvalue weighted by molar-refractivity contribution is 7.88. The lowest BCUT2D eigenvalue weighted by Gasteiger charge is -2.13. The maximum atomic E-state index is 12.4. The zero-order valence-electron chi connectivity index (χ0n) is 17.8. The molecule has 0 saturated heterocycles. The molecule has 2 N–H and O–H groups in total. The molecule has 3 rings (SSSR count). The van der Waals surface area contributed by atoms with E-state index in [1.165, 1.54) is 0 Å². The van der Waals surface area contributed by atoms with Gasteiger partial charge in [0.15, 0.2) is 5.56 Å². The number of aryl methyl sites for hydroxylation is 2. The third-order valence-electron chi connectivity index (χ3n) is 4.96. The molecule has 1 atom stereocenters. The van der Waals surface area contributed by atoms with Gasteiger partial charge in [-0.25, -0.2) is 23.5 Å². The summed E-state index contributed by atoms with van der Waals surface area (Å²) in [5.41, 5.74) is 6.22. The molecule has 0 aromatic heterocycles. The summed E-state index contributed by atoms with van der Waals surface area (Å²) in [5, 5.41) is 0. The van der Waals surface area contributed by atoms with Crippen molar-refractivity contribution in [3.8, 4) is 0 Å². The Hall–Kier alpha value is -2.71. The van der Waals surface area contributed by atoms with Gasteiger partial charge in [-0.3, -0.25) is 4.79 Å². The first-order valence-electron chi connectivity index (χ1n) is 10.0. The number of carbonyl (C=O) groups is 1. The number of rotatable bonds is 9. The first-order valence-corrected chi connectivity index (χ1v) is 12.1. The minimum absolute atomic E-state index is 0.0785. The molecular weight excluding hydrogens is 448 g/mol. The summed E-state index contributed by atoms with van der Waals surface area (Å²) in [6, 6.07) is 21.2. The Kier molecular flexibility index (Phi) is 8.04. The molecule has 3 aromatic rings. The van der Waals surface area contributed by atoms with E-state index in [1.807, 2.05) is 38.1 Å². The van der Waals surface area contributed by atoms with Gasteiger partial charge in [0.05, 0.1) is 5.75 Å². The van der Waals surface area contributed by atoms with Gasteiger partial charge in [0.1, 0.15) is 0 Å². The standard InChI is InChI=1S/C24H25ClN2O4S/c1-17-8-9-20(14-18(17)2)16-32(29,30)26-15-19-10-12-21(13-11-19)23(25)31-27-24(28)22-6-4-3-5-7-22/h3-14,23,26H,15-16H2,1-2H3,(H,27,28). The fourth-order valence-corrected chi connectivity index (χ4v) is 4.26. The lowest BCUT2D eigenvalue weighted by molar-refractivity contribution is 0.0166. The van der Waals surface area contributed by atoms with E-state index in [0.29, 0.717) is 11.1 Å². The molecular formula is C24H25ClN2O4S. The number of amides is 1. The van der Waals surface area contributed by atoms with Gasteiger partial charge in [-0.15, -0.1) is 0 Å². The maximum absolute atomic E-state index is 12.4. The summed E-state index contributed by atoms with van der Waals surface area (Å²) >= 11 is 6.21. The van der Waals surface area contributed by atoms with Gasteiger partial charge in [-0.2, -0.15) is 0 Å². The number of nitrogens with one attached hydrogen (secondary N) is 2. The minimum atomic E-state index is -3.48. The molecule has 0 heterocycles. The van der Waals surface area contributed by atoms with Crippen molar-refractivity contribution in [3.05, 3.63) is 106 Å². The maximum Gasteiger partial charge on any atom is 0.274 e. The average molecular weight is 473 g/mol. The van der Waals surface area contributed by atoms with Gasteiger partial charge in [-0.1, -0.05) is 72.3 Å². The Bertz CT molecular complexity index is 1170. The molecule has 8 heteroatoms. The average Bonchev–Trinajstić information content (AvgIpc) is 2.79. The van der Waals surface area contributed by atoms with Gasteiger partial charge >= 0.3 is 0 Å². The van der Waals surface area contributed by atoms with Crippen molar-refractivity contribution < 1.29 is 18.0 Å². The number of benzene rings is 3. The third kappa shape index (κ3) is 6.90. The SMILES string of the molecule is Cc1ccc(CS(=O)(=O)NCc2ccc(C(Cl)ONC(=O)c3ccccc3)cc2)cc1C. The summed E-state index contributed by atoms with van der Waals surface area (Å²) in [4.78, 5) is 17.3. The van der Waals surface area contributed by atoms with E-state index >= 15 is 0 Å². The van der Waals surface area contributed by atoms with Crippen LogP contribution < -0.4 is 10.2 Å². The second kappa shape index (κ2) is 10.7. The van der Waals surface area contributed by atoms with Crippen LogP contribution in [0, 0.1) is 13.8 Å². The van der Waals surface area contributed by atoms with Gasteiger partial charge in [0, 0.05) is 12.1 Å². The van der Waals surface area contributed by atoms with E-state index in [-0.39, 0.29) is 12.3 Å². The molecule has 1 unspecified atom stereocenters. The van der Waals surface area contributed by atoms with Crippen LogP contribution in [0.4, 0.5) is 0 Å². The van der Waals surface area contributed by atoms with Gasteiger partial charge in [0.2, 0.25) is 10.0 Å². The molecule has 6 nitrogen and oxygen atoms in total. The highest BCUT2D eigenvalue weighted by atomic mass is 35.5. The zero-order chi connectivity index (χ0) is 23.1. The van der Waals surface area contributed by atoms with E-state index in [2.05, 4.69) is 10.2 Å². The molecule has 0 fully saturated rings. The molecule has 0 aliphatic carbocycles. The van der Waals surface area contributed by atoms with E-state index in [0.717, 1.165) is 22.3 Å². The predicted molar refractivity (Wildman–Crippen MR) is 125 cm³/mol. The number of alkyl halides is 1. The summed E-state index contributed by atoms with van der Waals surface area (Å²) in [6.45, 7) is 4.11. The Morgan fingerprint density at radius 3 is 2.25 bits per heavy atom. The molecule has 0 aliphatic rings. The van der Waals surface area contributed by atoms with Crippen molar-refractivity contribution in [1.82, 2.24) is 10.2 Å². The Morgan fingerprint density at radius 2 is 1.59 bits per heavy atom. The molecule has 0 spiro atoms. The minimum Gasteiger partial charge on any atom is -0.267 e. The highest BCUT2D eigenvalue weighted by Gasteiger charge is 2.14. The van der Waals surface area contributed by atoms with Gasteiger partial charge in [-0.05, 0) is 53.8 Å². The number of hydroxylamine groups is 1. The zero-order valence-corrected chi connectivity index (χ0v) is 19.4. The molecule has 0 aliphatic heterocycles. The number of hydrogen-bond acceptors (Lipinski definition) is 4. The van der Waals surface area contributed by atoms with Crippen molar-refractivity contribution in [2.45, 2.75) is 31.7 Å². The highest BCUT2D eigenvalue weighted by Crippen LogP contribution is 2.21.